The van der Waals surface area contributed by atoms with Crippen LogP contribution in [0.4, 0.5) is 5.69 Å². The van der Waals surface area contributed by atoms with Gasteiger partial charge in [0, 0.05) is 24.1 Å². The number of nitro groups is 1. The van der Waals surface area contributed by atoms with E-state index in [0.717, 1.165) is 18.9 Å². The number of nitro benzene ring substituents is 1. The minimum absolute atomic E-state index is 0.0406. The van der Waals surface area contributed by atoms with E-state index < -0.39 is 26.5 Å². The molecule has 0 aliphatic heterocycles. The summed E-state index contributed by atoms with van der Waals surface area (Å²) in [6.07, 6.45) is 0.956. The molecule has 134 valence electrons. The van der Waals surface area contributed by atoms with E-state index >= 15 is 0 Å². The smallest absolute Gasteiger partial charge is 0.271 e. The van der Waals surface area contributed by atoms with Gasteiger partial charge in [0.15, 0.2) is 0 Å². The summed E-state index contributed by atoms with van der Waals surface area (Å²) in [6.45, 7) is 7.20. The second kappa shape index (κ2) is 6.42. The first-order valence-electron chi connectivity index (χ1n) is 7.93. The Morgan fingerprint density at radius 2 is 1.92 bits per heavy atom. The van der Waals surface area contributed by atoms with Gasteiger partial charge in [0.2, 0.25) is 10.0 Å². The van der Waals surface area contributed by atoms with E-state index in [4.69, 9.17) is 0 Å². The van der Waals surface area contributed by atoms with Crippen molar-refractivity contribution in [2.75, 3.05) is 6.54 Å². The lowest BCUT2D eigenvalue weighted by atomic mass is 9.91. The number of rotatable bonds is 7. The summed E-state index contributed by atoms with van der Waals surface area (Å²) >= 11 is 0. The van der Waals surface area contributed by atoms with Gasteiger partial charge in [0.1, 0.15) is 0 Å². The molecule has 8 heteroatoms. The lowest BCUT2D eigenvalue weighted by Crippen LogP contribution is -2.38. The van der Waals surface area contributed by atoms with Gasteiger partial charge < -0.3 is 5.11 Å². The van der Waals surface area contributed by atoms with E-state index in [1.165, 1.54) is 6.07 Å². The Balaban J connectivity index is 2.27. The molecule has 0 heterocycles. The van der Waals surface area contributed by atoms with Crippen molar-refractivity contribution in [2.24, 2.45) is 11.3 Å². The summed E-state index contributed by atoms with van der Waals surface area (Å²) < 4.78 is 27.8. The van der Waals surface area contributed by atoms with Crippen molar-refractivity contribution >= 4 is 15.7 Å². The lowest BCUT2D eigenvalue weighted by Gasteiger charge is -2.25. The van der Waals surface area contributed by atoms with E-state index in [9.17, 15) is 23.6 Å². The van der Waals surface area contributed by atoms with Crippen molar-refractivity contribution in [1.82, 2.24) is 4.72 Å². The summed E-state index contributed by atoms with van der Waals surface area (Å²) in [4.78, 5) is 10.3. The minimum atomic E-state index is -3.89. The Kier molecular flexibility index (Phi) is 5.03. The van der Waals surface area contributed by atoms with Gasteiger partial charge in [-0.3, -0.25) is 10.1 Å². The summed E-state index contributed by atoms with van der Waals surface area (Å²) in [5, 5.41) is 21.3. The van der Waals surface area contributed by atoms with Crippen LogP contribution < -0.4 is 4.72 Å². The number of non-ortho nitro benzene ring substituents is 1. The van der Waals surface area contributed by atoms with E-state index in [1.807, 2.05) is 13.8 Å². The molecule has 1 saturated carbocycles. The van der Waals surface area contributed by atoms with E-state index in [1.54, 1.807) is 13.8 Å². The van der Waals surface area contributed by atoms with Gasteiger partial charge in [-0.1, -0.05) is 13.8 Å². The first-order chi connectivity index (χ1) is 11.0. The van der Waals surface area contributed by atoms with Crippen molar-refractivity contribution < 1.29 is 18.4 Å². The first-order valence-corrected chi connectivity index (χ1v) is 9.42. The molecule has 0 unspecified atom stereocenters. The maximum atomic E-state index is 12.6. The molecule has 24 heavy (non-hydrogen) atoms. The zero-order chi connectivity index (χ0) is 18.3. The predicted molar refractivity (Wildman–Crippen MR) is 90.3 cm³/mol. The molecule has 0 aromatic heterocycles. The van der Waals surface area contributed by atoms with Crippen LogP contribution in [0, 0.1) is 35.3 Å². The Morgan fingerprint density at radius 1 is 1.33 bits per heavy atom. The topological polar surface area (TPSA) is 110 Å². The number of aliphatic hydroxyl groups is 1. The quantitative estimate of drug-likeness (QED) is 0.575. The Labute approximate surface area is 142 Å². The van der Waals surface area contributed by atoms with Crippen LogP contribution in [0.1, 0.15) is 37.8 Å². The van der Waals surface area contributed by atoms with Crippen molar-refractivity contribution in [3.8, 4) is 0 Å². The normalized spacial score (nSPS) is 17.8. The molecule has 1 atom stereocenters. The number of hydrogen-bond donors (Lipinski definition) is 2. The number of nitrogens with zero attached hydrogens (tertiary/aromatic N) is 1. The summed E-state index contributed by atoms with van der Waals surface area (Å²) in [5.74, 6) is 0.0406. The van der Waals surface area contributed by atoms with Gasteiger partial charge in [-0.05, 0) is 43.7 Å². The number of aryl methyl sites for hydroxylation is 1. The largest absolute Gasteiger partial charge is 0.392 e. The highest BCUT2D eigenvalue weighted by Gasteiger charge is 2.50. The monoisotopic (exact) mass is 356 g/mol. The van der Waals surface area contributed by atoms with Gasteiger partial charge in [-0.15, -0.1) is 0 Å². The van der Waals surface area contributed by atoms with Crippen LogP contribution in [-0.2, 0) is 10.0 Å². The molecule has 0 saturated heterocycles. The molecule has 0 radical (unpaired) electrons. The van der Waals surface area contributed by atoms with Crippen LogP contribution in [0.3, 0.4) is 0 Å². The van der Waals surface area contributed by atoms with Crippen LogP contribution in [0.2, 0.25) is 0 Å². The number of hydrogen-bond acceptors (Lipinski definition) is 5. The molecule has 7 nitrogen and oxygen atoms in total. The molecule has 1 aromatic carbocycles. The van der Waals surface area contributed by atoms with Crippen LogP contribution in [-0.4, -0.2) is 31.1 Å². The number of aliphatic hydroxyl groups excluding tert-OH is 1. The standard InChI is InChI=1S/C16H24N2O5S/c1-10(2)15(19)16(5-6-16)9-17-24(22,23)14-8-13(18(20)21)7-11(3)12(14)4/h7-8,10,15,17,19H,5-6,9H2,1-4H3/t15-/m1/s1. The second-order valence-corrected chi connectivity index (χ2v) is 8.75. The lowest BCUT2D eigenvalue weighted by molar-refractivity contribution is -0.385. The van der Waals surface area contributed by atoms with Gasteiger partial charge >= 0.3 is 0 Å². The fraction of sp³-hybridized carbons (Fsp3) is 0.625. The maximum absolute atomic E-state index is 12.6. The molecular weight excluding hydrogens is 332 g/mol. The third-order valence-electron chi connectivity index (χ3n) is 4.87. The highest BCUT2D eigenvalue weighted by Crippen LogP contribution is 2.50. The molecule has 0 spiro atoms. The molecule has 2 rings (SSSR count). The summed E-state index contributed by atoms with van der Waals surface area (Å²) in [6, 6.07) is 2.45. The van der Waals surface area contributed by atoms with Gasteiger partial charge in [-0.2, -0.15) is 0 Å². The zero-order valence-electron chi connectivity index (χ0n) is 14.4. The van der Waals surface area contributed by atoms with Crippen LogP contribution >= 0.6 is 0 Å². The fourth-order valence-electron chi connectivity index (χ4n) is 2.95. The maximum Gasteiger partial charge on any atom is 0.271 e. The number of nitrogens with one attached hydrogen (secondary N) is 1. The highest BCUT2D eigenvalue weighted by molar-refractivity contribution is 7.89. The SMILES string of the molecule is Cc1cc([N+](=O)[O-])cc(S(=O)(=O)NCC2([C@H](O)C(C)C)CC2)c1C. The third-order valence-corrected chi connectivity index (χ3v) is 6.40. The molecule has 1 fully saturated rings. The minimum Gasteiger partial charge on any atom is -0.392 e. The molecule has 1 aliphatic rings. The molecule has 2 N–H and O–H groups in total. The molecule has 0 bridgehead atoms. The van der Waals surface area contributed by atoms with E-state index in [-0.39, 0.29) is 23.0 Å². The number of sulfonamides is 1. The van der Waals surface area contributed by atoms with Crippen molar-refractivity contribution in [1.29, 1.82) is 0 Å². The number of benzene rings is 1. The first kappa shape index (κ1) is 18.8. The van der Waals surface area contributed by atoms with Crippen LogP contribution in [0.15, 0.2) is 17.0 Å². The molecular formula is C16H24N2O5S. The van der Waals surface area contributed by atoms with E-state index in [2.05, 4.69) is 4.72 Å². The van der Waals surface area contributed by atoms with E-state index in [0.29, 0.717) is 11.1 Å². The van der Waals surface area contributed by atoms with Crippen LogP contribution in [0.25, 0.3) is 0 Å². The average Bonchev–Trinajstić information content (AvgIpc) is 3.27. The average molecular weight is 356 g/mol. The van der Waals surface area contributed by atoms with Crippen molar-refractivity contribution in [3.05, 3.63) is 33.4 Å². The zero-order valence-corrected chi connectivity index (χ0v) is 15.2. The van der Waals surface area contributed by atoms with Crippen molar-refractivity contribution in [2.45, 2.75) is 51.5 Å². The molecule has 1 aromatic rings. The van der Waals surface area contributed by atoms with Gasteiger partial charge in [0.25, 0.3) is 5.69 Å². The van der Waals surface area contributed by atoms with Crippen LogP contribution in [0.5, 0.6) is 0 Å². The predicted octanol–water partition coefficient (Wildman–Crippen LogP) is 2.29. The molecule has 1 aliphatic carbocycles. The molecule has 0 amide bonds. The van der Waals surface area contributed by atoms with Crippen molar-refractivity contribution in [3.63, 3.8) is 0 Å². The third kappa shape index (κ3) is 3.60. The Morgan fingerprint density at radius 3 is 2.38 bits per heavy atom. The summed E-state index contributed by atoms with van der Waals surface area (Å²) in [7, 11) is -3.89. The Bertz CT molecular complexity index is 754. The van der Waals surface area contributed by atoms with Gasteiger partial charge in [-0.25, -0.2) is 13.1 Å². The summed E-state index contributed by atoms with van der Waals surface area (Å²) in [5.41, 5.74) is 0.363. The Hall–Kier alpha value is -1.51. The van der Waals surface area contributed by atoms with Gasteiger partial charge in [0.05, 0.1) is 15.9 Å². The highest BCUT2D eigenvalue weighted by atomic mass is 32.2. The fourth-order valence-corrected chi connectivity index (χ4v) is 4.43. The second-order valence-electron chi connectivity index (χ2n) is 7.02.